The third kappa shape index (κ3) is 23.5. The maximum absolute atomic E-state index is 8.54. The van der Waals surface area contributed by atoms with Crippen molar-refractivity contribution in [3.63, 3.8) is 0 Å². The standard InChI is InChI=1S/C31H65N3O/c1-6-9-11-13-17-21-25-30(24-20-12-10-7-2)31(32)35-29-23-19-16-14-15-18-22-26-34(8-3)28-27-33(4)5/h30,32H,6-29H2,1-5H3. The van der Waals surface area contributed by atoms with Gasteiger partial charge in [-0.3, -0.25) is 5.41 Å². The number of unbranched alkanes of at least 4 members (excludes halogenated alkanes) is 14. The van der Waals surface area contributed by atoms with Gasteiger partial charge in [0.05, 0.1) is 6.61 Å². The van der Waals surface area contributed by atoms with E-state index in [9.17, 15) is 0 Å². The summed E-state index contributed by atoms with van der Waals surface area (Å²) in [6.07, 6.45) is 24.5. The van der Waals surface area contributed by atoms with E-state index in [-0.39, 0.29) is 0 Å². The first-order valence-electron chi connectivity index (χ1n) is 15.6. The van der Waals surface area contributed by atoms with Crippen molar-refractivity contribution in [3.05, 3.63) is 0 Å². The number of rotatable bonds is 27. The average Bonchev–Trinajstić information content (AvgIpc) is 2.85. The zero-order valence-corrected chi connectivity index (χ0v) is 24.9. The van der Waals surface area contributed by atoms with E-state index in [1.807, 2.05) is 0 Å². The van der Waals surface area contributed by atoms with Gasteiger partial charge in [0.15, 0.2) is 5.90 Å². The molecule has 35 heavy (non-hydrogen) atoms. The first-order chi connectivity index (χ1) is 17.0. The van der Waals surface area contributed by atoms with Crippen LogP contribution in [0, 0.1) is 11.3 Å². The van der Waals surface area contributed by atoms with Crippen molar-refractivity contribution in [1.82, 2.24) is 9.80 Å². The maximum atomic E-state index is 8.54. The summed E-state index contributed by atoms with van der Waals surface area (Å²) in [5.41, 5.74) is 0. The predicted molar refractivity (Wildman–Crippen MR) is 157 cm³/mol. The first kappa shape index (κ1) is 34.4. The Morgan fingerprint density at radius 3 is 1.63 bits per heavy atom. The molecule has 0 amide bonds. The zero-order valence-electron chi connectivity index (χ0n) is 24.9. The molecule has 0 aromatic heterocycles. The molecule has 0 aliphatic carbocycles. The Morgan fingerprint density at radius 1 is 0.600 bits per heavy atom. The molecule has 1 atom stereocenters. The van der Waals surface area contributed by atoms with Gasteiger partial charge in [-0.2, -0.15) is 0 Å². The Balaban J connectivity index is 3.87. The predicted octanol–water partition coefficient (Wildman–Crippen LogP) is 8.93. The minimum absolute atomic E-state index is 0.360. The topological polar surface area (TPSA) is 39.6 Å². The quantitative estimate of drug-likeness (QED) is 0.0702. The summed E-state index contributed by atoms with van der Waals surface area (Å²) in [7, 11) is 4.32. The van der Waals surface area contributed by atoms with E-state index in [0.717, 1.165) is 32.4 Å². The van der Waals surface area contributed by atoms with Crippen molar-refractivity contribution in [1.29, 1.82) is 5.41 Å². The molecule has 4 heteroatoms. The molecule has 1 unspecified atom stereocenters. The highest BCUT2D eigenvalue weighted by Crippen LogP contribution is 2.21. The Hall–Kier alpha value is -0.610. The van der Waals surface area contributed by atoms with Crippen LogP contribution in [0.4, 0.5) is 0 Å². The smallest absolute Gasteiger partial charge is 0.183 e. The van der Waals surface area contributed by atoms with Crippen molar-refractivity contribution >= 4 is 5.90 Å². The van der Waals surface area contributed by atoms with Gasteiger partial charge < -0.3 is 14.5 Å². The monoisotopic (exact) mass is 496 g/mol. The second-order valence-corrected chi connectivity index (χ2v) is 11.0. The first-order valence-corrected chi connectivity index (χ1v) is 15.6. The molecule has 1 N–H and O–H groups in total. The van der Waals surface area contributed by atoms with E-state index >= 15 is 0 Å². The van der Waals surface area contributed by atoms with Crippen molar-refractivity contribution in [2.45, 2.75) is 143 Å². The van der Waals surface area contributed by atoms with Gasteiger partial charge >= 0.3 is 0 Å². The molecule has 0 bridgehead atoms. The van der Waals surface area contributed by atoms with Gasteiger partial charge in [-0.25, -0.2) is 0 Å². The Labute approximate surface area is 221 Å². The summed E-state index contributed by atoms with van der Waals surface area (Å²) >= 11 is 0. The van der Waals surface area contributed by atoms with Crippen LogP contribution < -0.4 is 0 Å². The van der Waals surface area contributed by atoms with Crippen LogP contribution in [0.3, 0.4) is 0 Å². The molecule has 0 saturated carbocycles. The van der Waals surface area contributed by atoms with Crippen LogP contribution in [0.25, 0.3) is 0 Å². The van der Waals surface area contributed by atoms with Crippen molar-refractivity contribution in [2.75, 3.05) is 46.9 Å². The van der Waals surface area contributed by atoms with E-state index in [1.165, 1.54) is 122 Å². The van der Waals surface area contributed by atoms with Gasteiger partial charge in [-0.05, 0) is 52.9 Å². The van der Waals surface area contributed by atoms with E-state index in [2.05, 4.69) is 44.7 Å². The molecular weight excluding hydrogens is 430 g/mol. The highest BCUT2D eigenvalue weighted by Gasteiger charge is 2.15. The largest absolute Gasteiger partial charge is 0.481 e. The number of hydrogen-bond acceptors (Lipinski definition) is 4. The lowest BCUT2D eigenvalue weighted by Gasteiger charge is -2.22. The maximum Gasteiger partial charge on any atom is 0.183 e. The summed E-state index contributed by atoms with van der Waals surface area (Å²) in [5, 5.41) is 8.54. The van der Waals surface area contributed by atoms with Gasteiger partial charge in [-0.15, -0.1) is 0 Å². The summed E-state index contributed by atoms with van der Waals surface area (Å²) in [4.78, 5) is 4.85. The molecule has 210 valence electrons. The number of nitrogens with zero attached hydrogens (tertiary/aromatic N) is 2. The minimum atomic E-state index is 0.360. The number of hydrogen-bond donors (Lipinski definition) is 1. The fourth-order valence-electron chi connectivity index (χ4n) is 4.79. The third-order valence-corrected chi connectivity index (χ3v) is 7.37. The summed E-state index contributed by atoms with van der Waals surface area (Å²) in [5.74, 6) is 0.947. The van der Waals surface area contributed by atoms with Crippen LogP contribution in [0.2, 0.25) is 0 Å². The average molecular weight is 496 g/mol. The second-order valence-electron chi connectivity index (χ2n) is 11.0. The Kier molecular flexibility index (Phi) is 26.0. The Morgan fingerprint density at radius 2 is 1.09 bits per heavy atom. The van der Waals surface area contributed by atoms with E-state index in [0.29, 0.717) is 11.8 Å². The van der Waals surface area contributed by atoms with Gasteiger partial charge in [0.25, 0.3) is 0 Å². The normalized spacial score (nSPS) is 12.5. The van der Waals surface area contributed by atoms with Crippen LogP contribution in [0.1, 0.15) is 143 Å². The van der Waals surface area contributed by atoms with Gasteiger partial charge in [-0.1, -0.05) is 117 Å². The molecule has 0 aromatic rings. The van der Waals surface area contributed by atoms with Crippen LogP contribution >= 0.6 is 0 Å². The fraction of sp³-hybridized carbons (Fsp3) is 0.968. The SMILES string of the molecule is CCCCCCCCC(CCCCCC)C(=N)OCCCCCCCCCN(CC)CCN(C)C. The van der Waals surface area contributed by atoms with E-state index in [4.69, 9.17) is 10.1 Å². The summed E-state index contributed by atoms with van der Waals surface area (Å²) in [6.45, 7) is 12.3. The number of nitrogens with one attached hydrogen (secondary N) is 1. The molecule has 4 nitrogen and oxygen atoms in total. The van der Waals surface area contributed by atoms with Crippen molar-refractivity contribution < 1.29 is 4.74 Å². The molecule has 0 heterocycles. The van der Waals surface area contributed by atoms with Crippen LogP contribution in [0.5, 0.6) is 0 Å². The second kappa shape index (κ2) is 26.5. The lowest BCUT2D eigenvalue weighted by Crippen LogP contribution is -2.32. The van der Waals surface area contributed by atoms with Crippen LogP contribution in [-0.4, -0.2) is 62.6 Å². The molecule has 0 aliphatic heterocycles. The molecule has 0 aromatic carbocycles. The lowest BCUT2D eigenvalue weighted by molar-refractivity contribution is 0.245. The molecule has 0 radical (unpaired) electrons. The Bertz CT molecular complexity index is 441. The van der Waals surface area contributed by atoms with Crippen molar-refractivity contribution in [2.24, 2.45) is 5.92 Å². The lowest BCUT2D eigenvalue weighted by atomic mass is 9.94. The molecule has 0 saturated heterocycles. The fourth-order valence-corrected chi connectivity index (χ4v) is 4.79. The third-order valence-electron chi connectivity index (χ3n) is 7.37. The molecule has 0 rings (SSSR count). The summed E-state index contributed by atoms with van der Waals surface area (Å²) in [6, 6.07) is 0. The highest BCUT2D eigenvalue weighted by atomic mass is 16.5. The van der Waals surface area contributed by atoms with Crippen molar-refractivity contribution in [3.8, 4) is 0 Å². The molecule has 0 fully saturated rings. The highest BCUT2D eigenvalue weighted by molar-refractivity contribution is 5.75. The summed E-state index contributed by atoms with van der Waals surface area (Å²) < 4.78 is 5.95. The van der Waals surface area contributed by atoms with E-state index in [1.54, 1.807) is 0 Å². The molecule has 0 spiro atoms. The van der Waals surface area contributed by atoms with Gasteiger partial charge in [0, 0.05) is 19.0 Å². The minimum Gasteiger partial charge on any atom is -0.481 e. The van der Waals surface area contributed by atoms with Gasteiger partial charge in [0.1, 0.15) is 0 Å². The van der Waals surface area contributed by atoms with E-state index < -0.39 is 0 Å². The zero-order chi connectivity index (χ0) is 26.0. The van der Waals surface area contributed by atoms with Crippen LogP contribution in [-0.2, 0) is 4.74 Å². The van der Waals surface area contributed by atoms with Gasteiger partial charge in [0.2, 0.25) is 0 Å². The van der Waals surface area contributed by atoms with Crippen LogP contribution in [0.15, 0.2) is 0 Å². The number of ether oxygens (including phenoxy) is 1. The molecule has 0 aliphatic rings. The molecular formula is C31H65N3O. The number of likely N-dealkylation sites (N-methyl/N-ethyl adjacent to an activating group) is 2.